The average molecular weight is 251 g/mol. The zero-order chi connectivity index (χ0) is 13.7. The topological polar surface area (TPSA) is 86.6 Å². The first-order chi connectivity index (χ1) is 8.45. The highest BCUT2D eigenvalue weighted by Crippen LogP contribution is 2.07. The summed E-state index contributed by atoms with van der Waals surface area (Å²) >= 11 is 0. The van der Waals surface area contributed by atoms with Crippen LogP contribution in [0.15, 0.2) is 24.3 Å². The molecule has 0 fully saturated rings. The first-order valence-corrected chi connectivity index (χ1v) is 5.69. The molecule has 98 valence electrons. The zero-order valence-electron chi connectivity index (χ0n) is 10.4. The maximum Gasteiger partial charge on any atom is 0.308 e. The third-order valence-electron chi connectivity index (χ3n) is 2.90. The van der Waals surface area contributed by atoms with Gasteiger partial charge in [0.1, 0.15) is 0 Å². The molecule has 0 aromatic heterocycles. The van der Waals surface area contributed by atoms with Crippen molar-refractivity contribution in [2.45, 2.75) is 26.5 Å². The molecule has 0 aliphatic rings. The molecule has 1 amide bonds. The Morgan fingerprint density at radius 1 is 1.22 bits per heavy atom. The van der Waals surface area contributed by atoms with Crippen LogP contribution in [0.2, 0.25) is 0 Å². The molecule has 1 aromatic rings. The van der Waals surface area contributed by atoms with Gasteiger partial charge in [-0.25, -0.2) is 0 Å². The Morgan fingerprint density at radius 2 is 1.78 bits per heavy atom. The SMILES string of the molecule is CC(NC(=O)c1ccc(CO)cc1)C(C)C(=O)O. The van der Waals surface area contributed by atoms with Crippen LogP contribution in [0.1, 0.15) is 29.8 Å². The van der Waals surface area contributed by atoms with Gasteiger partial charge in [-0.05, 0) is 31.5 Å². The quantitative estimate of drug-likeness (QED) is 0.729. The van der Waals surface area contributed by atoms with Crippen molar-refractivity contribution in [1.29, 1.82) is 0 Å². The van der Waals surface area contributed by atoms with E-state index in [4.69, 9.17) is 10.2 Å². The van der Waals surface area contributed by atoms with Crippen LogP contribution in [0.3, 0.4) is 0 Å². The van der Waals surface area contributed by atoms with Gasteiger partial charge in [-0.15, -0.1) is 0 Å². The van der Waals surface area contributed by atoms with Crippen LogP contribution in [-0.2, 0) is 11.4 Å². The molecule has 1 rings (SSSR count). The Hall–Kier alpha value is -1.88. The summed E-state index contributed by atoms with van der Waals surface area (Å²) in [7, 11) is 0. The molecule has 5 nitrogen and oxygen atoms in total. The number of rotatable bonds is 5. The Kier molecular flexibility index (Phi) is 4.85. The third-order valence-corrected chi connectivity index (χ3v) is 2.90. The molecule has 0 saturated carbocycles. The van der Waals surface area contributed by atoms with Crippen LogP contribution >= 0.6 is 0 Å². The van der Waals surface area contributed by atoms with E-state index in [-0.39, 0.29) is 12.5 Å². The van der Waals surface area contributed by atoms with E-state index in [0.717, 1.165) is 5.56 Å². The average Bonchev–Trinajstić information content (AvgIpc) is 2.37. The van der Waals surface area contributed by atoms with Crippen molar-refractivity contribution in [3.63, 3.8) is 0 Å². The van der Waals surface area contributed by atoms with Gasteiger partial charge in [0.25, 0.3) is 5.91 Å². The molecule has 0 bridgehead atoms. The molecule has 0 saturated heterocycles. The van der Waals surface area contributed by atoms with Gasteiger partial charge in [0.05, 0.1) is 12.5 Å². The number of carboxylic acids is 1. The summed E-state index contributed by atoms with van der Waals surface area (Å²) in [5, 5.41) is 20.3. The molecule has 0 spiro atoms. The van der Waals surface area contributed by atoms with E-state index in [1.165, 1.54) is 0 Å². The number of hydrogen-bond acceptors (Lipinski definition) is 3. The van der Waals surface area contributed by atoms with E-state index >= 15 is 0 Å². The summed E-state index contributed by atoms with van der Waals surface area (Å²) < 4.78 is 0. The lowest BCUT2D eigenvalue weighted by Crippen LogP contribution is -2.40. The molecule has 1 aromatic carbocycles. The minimum atomic E-state index is -0.946. The number of carbonyl (C=O) groups is 2. The van der Waals surface area contributed by atoms with Gasteiger partial charge in [-0.2, -0.15) is 0 Å². The van der Waals surface area contributed by atoms with Crippen LogP contribution in [0.4, 0.5) is 0 Å². The highest BCUT2D eigenvalue weighted by atomic mass is 16.4. The normalized spacial score (nSPS) is 13.7. The number of hydrogen-bond donors (Lipinski definition) is 3. The highest BCUT2D eigenvalue weighted by molar-refractivity contribution is 5.94. The summed E-state index contributed by atoms with van der Waals surface area (Å²) in [6.45, 7) is 3.12. The fourth-order valence-corrected chi connectivity index (χ4v) is 1.39. The number of carbonyl (C=O) groups excluding carboxylic acids is 1. The molecule has 0 aliphatic heterocycles. The van der Waals surface area contributed by atoms with Crippen molar-refractivity contribution in [2.24, 2.45) is 5.92 Å². The smallest absolute Gasteiger partial charge is 0.308 e. The second-order valence-corrected chi connectivity index (χ2v) is 4.24. The zero-order valence-corrected chi connectivity index (χ0v) is 10.4. The third kappa shape index (κ3) is 3.56. The van der Waals surface area contributed by atoms with E-state index in [9.17, 15) is 9.59 Å². The standard InChI is InChI=1S/C13H17NO4/c1-8(13(17)18)9(2)14-12(16)11-5-3-10(7-15)4-6-11/h3-6,8-9,15H,7H2,1-2H3,(H,14,16)(H,17,18). The molecule has 0 radical (unpaired) electrons. The van der Waals surface area contributed by atoms with Crippen molar-refractivity contribution < 1.29 is 19.8 Å². The van der Waals surface area contributed by atoms with Gasteiger partial charge in [0.2, 0.25) is 0 Å². The van der Waals surface area contributed by atoms with E-state index in [1.807, 2.05) is 0 Å². The van der Waals surface area contributed by atoms with Gasteiger partial charge in [-0.3, -0.25) is 9.59 Å². The van der Waals surface area contributed by atoms with Crippen molar-refractivity contribution >= 4 is 11.9 Å². The second-order valence-electron chi connectivity index (χ2n) is 4.24. The van der Waals surface area contributed by atoms with Crippen LogP contribution < -0.4 is 5.32 Å². The van der Waals surface area contributed by atoms with Gasteiger partial charge in [-0.1, -0.05) is 12.1 Å². The van der Waals surface area contributed by atoms with Crippen LogP contribution in [0, 0.1) is 5.92 Å². The Balaban J connectivity index is 2.67. The van der Waals surface area contributed by atoms with E-state index in [1.54, 1.807) is 38.1 Å². The summed E-state index contributed by atoms with van der Waals surface area (Å²) in [6.07, 6.45) is 0. The molecule has 3 N–H and O–H groups in total. The lowest BCUT2D eigenvalue weighted by atomic mass is 10.0. The van der Waals surface area contributed by atoms with Gasteiger partial charge >= 0.3 is 5.97 Å². The second kappa shape index (κ2) is 6.16. The minimum absolute atomic E-state index is 0.0750. The van der Waals surface area contributed by atoms with Crippen molar-refractivity contribution in [1.82, 2.24) is 5.32 Å². The summed E-state index contributed by atoms with van der Waals surface area (Å²) in [5.74, 6) is -1.91. The Labute approximate surface area is 105 Å². The predicted molar refractivity (Wildman–Crippen MR) is 66.1 cm³/mol. The first kappa shape index (κ1) is 14.2. The number of aliphatic hydroxyl groups excluding tert-OH is 1. The maximum absolute atomic E-state index is 11.8. The van der Waals surface area contributed by atoms with Crippen molar-refractivity contribution in [3.8, 4) is 0 Å². The van der Waals surface area contributed by atoms with E-state index in [2.05, 4.69) is 5.32 Å². The fourth-order valence-electron chi connectivity index (χ4n) is 1.39. The van der Waals surface area contributed by atoms with Gasteiger partial charge in [0, 0.05) is 11.6 Å². The molecule has 0 aliphatic carbocycles. The summed E-state index contributed by atoms with van der Waals surface area (Å²) in [5.41, 5.74) is 1.16. The summed E-state index contributed by atoms with van der Waals surface area (Å²) in [4.78, 5) is 22.6. The molecule has 2 atom stereocenters. The molecule has 18 heavy (non-hydrogen) atoms. The van der Waals surface area contributed by atoms with Gasteiger partial charge in [0.15, 0.2) is 0 Å². The molecule has 0 heterocycles. The molecular weight excluding hydrogens is 234 g/mol. The van der Waals surface area contributed by atoms with E-state index in [0.29, 0.717) is 5.56 Å². The minimum Gasteiger partial charge on any atom is -0.481 e. The number of nitrogens with one attached hydrogen (secondary N) is 1. The molecule has 2 unspecified atom stereocenters. The van der Waals surface area contributed by atoms with Gasteiger partial charge < -0.3 is 15.5 Å². The Morgan fingerprint density at radius 3 is 2.22 bits per heavy atom. The first-order valence-electron chi connectivity index (χ1n) is 5.69. The monoisotopic (exact) mass is 251 g/mol. The lowest BCUT2D eigenvalue weighted by molar-refractivity contribution is -0.141. The largest absolute Gasteiger partial charge is 0.481 e. The number of aliphatic hydroxyl groups is 1. The molecule has 5 heteroatoms. The van der Waals surface area contributed by atoms with Crippen LogP contribution in [0.5, 0.6) is 0 Å². The van der Waals surface area contributed by atoms with Crippen LogP contribution in [0.25, 0.3) is 0 Å². The molecular formula is C13H17NO4. The predicted octanol–water partition coefficient (Wildman–Crippen LogP) is 1.02. The fraction of sp³-hybridized carbons (Fsp3) is 0.385. The van der Waals surface area contributed by atoms with E-state index < -0.39 is 17.9 Å². The summed E-state index contributed by atoms with van der Waals surface area (Å²) in [6, 6.07) is 6.05. The van der Waals surface area contributed by atoms with Crippen LogP contribution in [-0.4, -0.2) is 28.1 Å². The number of amides is 1. The maximum atomic E-state index is 11.8. The van der Waals surface area contributed by atoms with Crippen molar-refractivity contribution in [3.05, 3.63) is 35.4 Å². The number of aliphatic carboxylic acids is 1. The highest BCUT2D eigenvalue weighted by Gasteiger charge is 2.21. The Bertz CT molecular complexity index is 427. The number of carboxylic acid groups (broad SMARTS) is 1. The number of benzene rings is 1. The lowest BCUT2D eigenvalue weighted by Gasteiger charge is -2.17. The van der Waals surface area contributed by atoms with Crippen molar-refractivity contribution in [2.75, 3.05) is 0 Å².